The Hall–Kier alpha value is -2.45. The molecule has 0 amide bonds. The van der Waals surface area contributed by atoms with Gasteiger partial charge in [-0.3, -0.25) is 0 Å². The molecular weight excluding hydrogens is 250 g/mol. The number of rotatable bonds is 2. The maximum atomic E-state index is 9.37. The summed E-state index contributed by atoms with van der Waals surface area (Å²) in [5.74, 6) is 0.633. The number of aromatic nitrogens is 2. The van der Waals surface area contributed by atoms with Crippen molar-refractivity contribution in [2.24, 2.45) is 5.73 Å². The van der Waals surface area contributed by atoms with E-state index in [1.165, 1.54) is 0 Å². The average Bonchev–Trinajstić information content (AvgIpc) is 2.94. The third-order valence-electron chi connectivity index (χ3n) is 3.51. The first-order chi connectivity index (χ1) is 9.78. The summed E-state index contributed by atoms with van der Waals surface area (Å²) in [6, 6.07) is 9.98. The molecule has 2 aromatic rings. The highest BCUT2D eigenvalue weighted by molar-refractivity contribution is 5.68. The van der Waals surface area contributed by atoms with Crippen LogP contribution in [0.15, 0.2) is 36.7 Å². The molecule has 1 aromatic heterocycles. The van der Waals surface area contributed by atoms with E-state index in [1.54, 1.807) is 18.5 Å². The summed E-state index contributed by atoms with van der Waals surface area (Å²) in [6.07, 6.45) is 4.36. The molecule has 0 bridgehead atoms. The third-order valence-corrected chi connectivity index (χ3v) is 3.51. The first-order valence-corrected chi connectivity index (χ1v) is 6.60. The molecular formula is C15H15N5. The number of nitriles is 1. The average molecular weight is 265 g/mol. The molecule has 1 atom stereocenters. The summed E-state index contributed by atoms with van der Waals surface area (Å²) in [7, 11) is 0. The van der Waals surface area contributed by atoms with Gasteiger partial charge in [0.05, 0.1) is 11.3 Å². The van der Waals surface area contributed by atoms with Gasteiger partial charge >= 0.3 is 0 Å². The zero-order chi connectivity index (χ0) is 13.9. The molecule has 1 fully saturated rings. The van der Waals surface area contributed by atoms with Crippen molar-refractivity contribution in [1.29, 1.82) is 5.26 Å². The van der Waals surface area contributed by atoms with Crippen LogP contribution in [0.1, 0.15) is 12.0 Å². The Bertz CT molecular complexity index is 647. The normalized spacial score (nSPS) is 18.0. The Morgan fingerprint density at radius 2 is 2.10 bits per heavy atom. The minimum absolute atomic E-state index is 0.193. The van der Waals surface area contributed by atoms with Crippen LogP contribution >= 0.6 is 0 Å². The Morgan fingerprint density at radius 3 is 2.75 bits per heavy atom. The van der Waals surface area contributed by atoms with Gasteiger partial charge in [0.1, 0.15) is 6.07 Å². The van der Waals surface area contributed by atoms with Gasteiger partial charge < -0.3 is 10.6 Å². The predicted octanol–water partition coefficient (Wildman–Crippen LogP) is 1.55. The van der Waals surface area contributed by atoms with Gasteiger partial charge in [0.2, 0.25) is 0 Å². The first kappa shape index (κ1) is 12.6. The predicted molar refractivity (Wildman–Crippen MR) is 77.0 cm³/mol. The summed E-state index contributed by atoms with van der Waals surface area (Å²) in [5.41, 5.74) is 8.37. The highest BCUT2D eigenvalue weighted by Gasteiger charge is 2.21. The molecule has 1 aliphatic heterocycles. The van der Waals surface area contributed by atoms with E-state index in [2.05, 4.69) is 20.9 Å². The second-order valence-electron chi connectivity index (χ2n) is 4.91. The van der Waals surface area contributed by atoms with Crippen LogP contribution in [0, 0.1) is 11.3 Å². The lowest BCUT2D eigenvalue weighted by Crippen LogP contribution is -2.26. The fourth-order valence-electron chi connectivity index (χ4n) is 2.49. The molecule has 2 heterocycles. The zero-order valence-corrected chi connectivity index (χ0v) is 11.0. The number of nitrogens with two attached hydrogens (primary N) is 1. The molecule has 100 valence electrons. The Morgan fingerprint density at radius 1 is 1.30 bits per heavy atom. The van der Waals surface area contributed by atoms with Gasteiger partial charge in [0, 0.05) is 37.1 Å². The largest absolute Gasteiger partial charge is 0.369 e. The fourth-order valence-corrected chi connectivity index (χ4v) is 2.49. The Kier molecular flexibility index (Phi) is 3.32. The minimum atomic E-state index is 0.193. The van der Waals surface area contributed by atoms with Crippen molar-refractivity contribution in [1.82, 2.24) is 9.97 Å². The smallest absolute Gasteiger partial charge is 0.159 e. The summed E-state index contributed by atoms with van der Waals surface area (Å²) < 4.78 is 0. The third kappa shape index (κ3) is 2.33. The van der Waals surface area contributed by atoms with E-state index in [1.807, 2.05) is 18.2 Å². The second kappa shape index (κ2) is 5.27. The molecule has 1 aliphatic rings. The lowest BCUT2D eigenvalue weighted by Gasteiger charge is -2.19. The molecule has 20 heavy (non-hydrogen) atoms. The summed E-state index contributed by atoms with van der Waals surface area (Å²) in [4.78, 5) is 10.6. The van der Waals surface area contributed by atoms with Crippen LogP contribution in [0.4, 0.5) is 5.69 Å². The van der Waals surface area contributed by atoms with Gasteiger partial charge in [-0.2, -0.15) is 5.26 Å². The molecule has 2 N–H and O–H groups in total. The van der Waals surface area contributed by atoms with Gasteiger partial charge in [-0.15, -0.1) is 0 Å². The van der Waals surface area contributed by atoms with Crippen molar-refractivity contribution in [2.75, 3.05) is 18.0 Å². The molecule has 5 nitrogen and oxygen atoms in total. The quantitative estimate of drug-likeness (QED) is 0.891. The van der Waals surface area contributed by atoms with Gasteiger partial charge in [-0.25, -0.2) is 9.97 Å². The standard InChI is InChI=1S/C15H15N5/c16-9-12-8-11(15-18-5-1-6-19-15)2-3-14(12)20-7-4-13(17)10-20/h1-3,5-6,8,13H,4,7,10,17H2/t13-/m0/s1. The van der Waals surface area contributed by atoms with Crippen LogP contribution in [-0.4, -0.2) is 29.1 Å². The van der Waals surface area contributed by atoms with E-state index >= 15 is 0 Å². The maximum Gasteiger partial charge on any atom is 0.159 e. The lowest BCUT2D eigenvalue weighted by atomic mass is 10.1. The van der Waals surface area contributed by atoms with E-state index < -0.39 is 0 Å². The monoisotopic (exact) mass is 265 g/mol. The number of hydrogen-bond donors (Lipinski definition) is 1. The first-order valence-electron chi connectivity index (χ1n) is 6.60. The number of benzene rings is 1. The van der Waals surface area contributed by atoms with Crippen molar-refractivity contribution < 1.29 is 0 Å². The van der Waals surface area contributed by atoms with Crippen LogP contribution in [0.3, 0.4) is 0 Å². The molecule has 5 heteroatoms. The van der Waals surface area contributed by atoms with E-state index in [4.69, 9.17) is 5.73 Å². The van der Waals surface area contributed by atoms with Crippen molar-refractivity contribution in [3.05, 3.63) is 42.2 Å². The molecule has 0 saturated carbocycles. The van der Waals surface area contributed by atoms with Crippen LogP contribution in [0.25, 0.3) is 11.4 Å². The highest BCUT2D eigenvalue weighted by Crippen LogP contribution is 2.27. The van der Waals surface area contributed by atoms with Crippen LogP contribution in [0.2, 0.25) is 0 Å². The maximum absolute atomic E-state index is 9.37. The van der Waals surface area contributed by atoms with Crippen molar-refractivity contribution in [2.45, 2.75) is 12.5 Å². The molecule has 0 aliphatic carbocycles. The van der Waals surface area contributed by atoms with E-state index in [-0.39, 0.29) is 6.04 Å². The molecule has 0 radical (unpaired) electrons. The molecule has 1 aromatic carbocycles. The summed E-state index contributed by atoms with van der Waals surface area (Å²) in [6.45, 7) is 1.70. The van der Waals surface area contributed by atoms with Crippen molar-refractivity contribution in [3.8, 4) is 17.5 Å². The van der Waals surface area contributed by atoms with Crippen LogP contribution in [-0.2, 0) is 0 Å². The van der Waals surface area contributed by atoms with Crippen molar-refractivity contribution >= 4 is 5.69 Å². The van der Waals surface area contributed by atoms with Crippen LogP contribution < -0.4 is 10.6 Å². The summed E-state index contributed by atoms with van der Waals surface area (Å²) >= 11 is 0. The highest BCUT2D eigenvalue weighted by atomic mass is 15.2. The van der Waals surface area contributed by atoms with Crippen LogP contribution in [0.5, 0.6) is 0 Å². The second-order valence-corrected chi connectivity index (χ2v) is 4.91. The fraction of sp³-hybridized carbons (Fsp3) is 0.267. The Labute approximate surface area is 117 Å². The van der Waals surface area contributed by atoms with E-state index in [0.717, 1.165) is 30.8 Å². The topological polar surface area (TPSA) is 78.8 Å². The van der Waals surface area contributed by atoms with Gasteiger partial charge in [-0.05, 0) is 30.7 Å². The van der Waals surface area contributed by atoms with E-state index in [9.17, 15) is 5.26 Å². The SMILES string of the molecule is N#Cc1cc(-c2ncccn2)ccc1N1CC[C@H](N)C1. The number of anilines is 1. The minimum Gasteiger partial charge on any atom is -0.369 e. The van der Waals surface area contributed by atoms with Gasteiger partial charge in [-0.1, -0.05) is 0 Å². The molecule has 3 rings (SSSR count). The lowest BCUT2D eigenvalue weighted by molar-refractivity contribution is 0.752. The van der Waals surface area contributed by atoms with E-state index in [0.29, 0.717) is 11.4 Å². The van der Waals surface area contributed by atoms with Gasteiger partial charge in [0.15, 0.2) is 5.82 Å². The van der Waals surface area contributed by atoms with Gasteiger partial charge in [0.25, 0.3) is 0 Å². The molecule has 0 spiro atoms. The Balaban J connectivity index is 1.97. The number of hydrogen-bond acceptors (Lipinski definition) is 5. The zero-order valence-electron chi connectivity index (χ0n) is 11.0. The number of nitrogens with zero attached hydrogens (tertiary/aromatic N) is 4. The molecule has 0 unspecified atom stereocenters. The summed E-state index contributed by atoms with van der Waals surface area (Å²) in [5, 5.41) is 9.37. The molecule has 1 saturated heterocycles. The van der Waals surface area contributed by atoms with Crippen molar-refractivity contribution in [3.63, 3.8) is 0 Å².